The normalized spacial score (nSPS) is 10.2. The van der Waals surface area contributed by atoms with Gasteiger partial charge < -0.3 is 9.47 Å². The van der Waals surface area contributed by atoms with Crippen molar-refractivity contribution in [3.05, 3.63) is 62.1 Å². The lowest BCUT2D eigenvalue weighted by molar-refractivity contribution is -0.384. The number of esters is 1. The number of hydrogen-bond donors (Lipinski definition) is 0. The summed E-state index contributed by atoms with van der Waals surface area (Å²) in [5, 5.41) is 10.8. The fourth-order valence-electron chi connectivity index (χ4n) is 1.99. The third-order valence-electron chi connectivity index (χ3n) is 3.16. The second kappa shape index (κ2) is 8.39. The topological polar surface area (TPSA) is 95.7 Å². The highest BCUT2D eigenvalue weighted by atomic mass is 79.9. The van der Waals surface area contributed by atoms with Crippen LogP contribution in [0.3, 0.4) is 0 Å². The number of nitrogens with zero attached hydrogens (tertiary/aromatic N) is 1. The molecule has 0 heterocycles. The highest BCUT2D eigenvalue weighted by molar-refractivity contribution is 9.10. The number of non-ortho nitro benzene ring substituents is 1. The van der Waals surface area contributed by atoms with E-state index in [9.17, 15) is 19.7 Å². The van der Waals surface area contributed by atoms with Crippen LogP contribution in [-0.2, 0) is 0 Å². The highest BCUT2D eigenvalue weighted by Gasteiger charge is 2.19. The van der Waals surface area contributed by atoms with Gasteiger partial charge in [-0.05, 0) is 30.7 Å². The predicted octanol–water partition coefficient (Wildman–Crippen LogP) is 4.18. The lowest BCUT2D eigenvalue weighted by atomic mass is 10.2. The molecule has 0 spiro atoms. The third-order valence-corrected chi connectivity index (χ3v) is 3.65. The Morgan fingerprint density at radius 2 is 1.96 bits per heavy atom. The number of halogens is 1. The average molecular weight is 408 g/mol. The molecular formula is C17H14BrNO6. The Labute approximate surface area is 151 Å². The molecule has 8 heteroatoms. The van der Waals surface area contributed by atoms with Crippen LogP contribution in [0.5, 0.6) is 11.5 Å². The molecule has 0 bridgehead atoms. The maximum Gasteiger partial charge on any atom is 0.347 e. The molecule has 0 aliphatic heterocycles. The Morgan fingerprint density at radius 3 is 2.60 bits per heavy atom. The molecule has 25 heavy (non-hydrogen) atoms. The minimum Gasteiger partial charge on any atom is -0.493 e. The van der Waals surface area contributed by atoms with Crippen molar-refractivity contribution < 1.29 is 24.0 Å². The van der Waals surface area contributed by atoms with Crippen molar-refractivity contribution in [1.29, 1.82) is 0 Å². The SMILES string of the molecule is CCCOc1ccc(Br)cc1C(=O)Oc1ccc([N+](=O)[O-])cc1C=O. The summed E-state index contributed by atoms with van der Waals surface area (Å²) in [4.78, 5) is 33.7. The molecule has 0 saturated carbocycles. The van der Waals surface area contributed by atoms with E-state index in [-0.39, 0.29) is 22.6 Å². The lowest BCUT2D eigenvalue weighted by Gasteiger charge is -2.12. The maximum atomic E-state index is 12.5. The summed E-state index contributed by atoms with van der Waals surface area (Å²) < 4.78 is 11.4. The molecule has 0 aromatic heterocycles. The van der Waals surface area contributed by atoms with E-state index in [1.165, 1.54) is 6.07 Å². The second-order valence-electron chi connectivity index (χ2n) is 4.98. The first-order chi connectivity index (χ1) is 12.0. The van der Waals surface area contributed by atoms with Crippen molar-refractivity contribution in [3.63, 3.8) is 0 Å². The van der Waals surface area contributed by atoms with Crippen LogP contribution in [0, 0.1) is 10.1 Å². The van der Waals surface area contributed by atoms with Gasteiger partial charge in [0.2, 0.25) is 0 Å². The van der Waals surface area contributed by atoms with Crippen LogP contribution < -0.4 is 9.47 Å². The molecule has 0 radical (unpaired) electrons. The van der Waals surface area contributed by atoms with Gasteiger partial charge >= 0.3 is 5.97 Å². The van der Waals surface area contributed by atoms with E-state index >= 15 is 0 Å². The van der Waals surface area contributed by atoms with Crippen LogP contribution in [0.15, 0.2) is 40.9 Å². The summed E-state index contributed by atoms with van der Waals surface area (Å²) in [6.45, 7) is 2.36. The van der Waals surface area contributed by atoms with Crippen molar-refractivity contribution in [1.82, 2.24) is 0 Å². The molecule has 0 N–H and O–H groups in total. The second-order valence-corrected chi connectivity index (χ2v) is 5.89. The molecule has 0 aliphatic rings. The zero-order chi connectivity index (χ0) is 18.4. The molecule has 7 nitrogen and oxygen atoms in total. The largest absolute Gasteiger partial charge is 0.493 e. The monoisotopic (exact) mass is 407 g/mol. The summed E-state index contributed by atoms with van der Waals surface area (Å²) in [6.07, 6.45) is 1.16. The van der Waals surface area contributed by atoms with Crippen molar-refractivity contribution in [2.75, 3.05) is 6.61 Å². The van der Waals surface area contributed by atoms with Gasteiger partial charge in [0.15, 0.2) is 6.29 Å². The zero-order valence-corrected chi connectivity index (χ0v) is 14.8. The van der Waals surface area contributed by atoms with E-state index in [4.69, 9.17) is 9.47 Å². The minimum atomic E-state index is -0.732. The minimum absolute atomic E-state index is 0.0629. The van der Waals surface area contributed by atoms with Gasteiger partial charge in [-0.1, -0.05) is 22.9 Å². The molecule has 0 aliphatic carbocycles. The number of carbonyl (C=O) groups is 2. The number of ether oxygens (including phenoxy) is 2. The van der Waals surface area contributed by atoms with Crippen LogP contribution in [0.4, 0.5) is 5.69 Å². The van der Waals surface area contributed by atoms with Gasteiger partial charge in [-0.15, -0.1) is 0 Å². The first kappa shape index (κ1) is 18.6. The quantitative estimate of drug-likeness (QED) is 0.224. The van der Waals surface area contributed by atoms with Crippen molar-refractivity contribution in [2.24, 2.45) is 0 Å². The van der Waals surface area contributed by atoms with Gasteiger partial charge in [-0.3, -0.25) is 14.9 Å². The van der Waals surface area contributed by atoms with Gasteiger partial charge in [-0.25, -0.2) is 4.79 Å². The van der Waals surface area contributed by atoms with E-state index in [1.807, 2.05) is 6.92 Å². The first-order valence-electron chi connectivity index (χ1n) is 7.34. The molecule has 0 saturated heterocycles. The van der Waals surface area contributed by atoms with Gasteiger partial charge in [-0.2, -0.15) is 0 Å². The van der Waals surface area contributed by atoms with E-state index in [1.54, 1.807) is 18.2 Å². The maximum absolute atomic E-state index is 12.5. The van der Waals surface area contributed by atoms with Crippen molar-refractivity contribution in [2.45, 2.75) is 13.3 Å². The fraction of sp³-hybridized carbons (Fsp3) is 0.176. The molecular weight excluding hydrogens is 394 g/mol. The molecule has 2 aromatic rings. The standard InChI is InChI=1S/C17H14BrNO6/c1-2-7-24-16-5-3-12(18)9-14(16)17(21)25-15-6-4-13(19(22)23)8-11(15)10-20/h3-6,8-10H,2,7H2,1H3. The van der Waals surface area contributed by atoms with Gasteiger partial charge in [0.05, 0.1) is 17.1 Å². The molecule has 0 fully saturated rings. The number of aldehydes is 1. The van der Waals surface area contributed by atoms with Crippen LogP contribution >= 0.6 is 15.9 Å². The van der Waals surface area contributed by atoms with Gasteiger partial charge in [0.25, 0.3) is 5.69 Å². The first-order valence-corrected chi connectivity index (χ1v) is 8.13. The summed E-state index contributed by atoms with van der Waals surface area (Å²) in [7, 11) is 0. The summed E-state index contributed by atoms with van der Waals surface area (Å²) >= 11 is 3.28. The molecule has 0 amide bonds. The molecule has 0 atom stereocenters. The Kier molecular flexibility index (Phi) is 6.24. The van der Waals surface area contributed by atoms with E-state index in [0.29, 0.717) is 23.1 Å². The molecule has 130 valence electrons. The van der Waals surface area contributed by atoms with Crippen LogP contribution in [0.1, 0.15) is 34.1 Å². The number of nitro groups is 1. The summed E-state index contributed by atoms with van der Waals surface area (Å²) in [6, 6.07) is 8.32. The Balaban J connectivity index is 2.32. The van der Waals surface area contributed by atoms with Crippen molar-refractivity contribution in [3.8, 4) is 11.5 Å². The Morgan fingerprint density at radius 1 is 1.24 bits per heavy atom. The predicted molar refractivity (Wildman–Crippen MR) is 93.4 cm³/mol. The molecule has 2 rings (SSSR count). The van der Waals surface area contributed by atoms with E-state index < -0.39 is 10.9 Å². The lowest BCUT2D eigenvalue weighted by Crippen LogP contribution is -2.12. The summed E-state index contributed by atoms with van der Waals surface area (Å²) in [5.74, 6) is -0.444. The third kappa shape index (κ3) is 4.63. The van der Waals surface area contributed by atoms with Crippen molar-refractivity contribution >= 4 is 33.9 Å². The smallest absolute Gasteiger partial charge is 0.347 e. The number of benzene rings is 2. The Hall–Kier alpha value is -2.74. The van der Waals surface area contributed by atoms with Crippen LogP contribution in [-0.4, -0.2) is 23.8 Å². The molecule has 0 unspecified atom stereocenters. The van der Waals surface area contributed by atoms with E-state index in [0.717, 1.165) is 18.6 Å². The van der Waals surface area contributed by atoms with Gasteiger partial charge in [0.1, 0.15) is 17.1 Å². The van der Waals surface area contributed by atoms with Gasteiger partial charge in [0, 0.05) is 16.6 Å². The number of nitro benzene ring substituents is 1. The van der Waals surface area contributed by atoms with Crippen LogP contribution in [0.25, 0.3) is 0 Å². The summed E-state index contributed by atoms with van der Waals surface area (Å²) in [5.41, 5.74) is -0.178. The molecule has 2 aromatic carbocycles. The fourth-order valence-corrected chi connectivity index (χ4v) is 2.35. The zero-order valence-electron chi connectivity index (χ0n) is 13.2. The number of rotatable bonds is 7. The highest BCUT2D eigenvalue weighted by Crippen LogP contribution is 2.27. The number of hydrogen-bond acceptors (Lipinski definition) is 6. The van der Waals surface area contributed by atoms with Crippen LogP contribution in [0.2, 0.25) is 0 Å². The number of carbonyl (C=O) groups excluding carboxylic acids is 2. The Bertz CT molecular complexity index is 821. The average Bonchev–Trinajstić information content (AvgIpc) is 2.60. The van der Waals surface area contributed by atoms with E-state index in [2.05, 4.69) is 15.9 Å².